The van der Waals surface area contributed by atoms with E-state index in [2.05, 4.69) is 15.3 Å². The fourth-order valence-electron chi connectivity index (χ4n) is 0.887. The largest absolute Gasteiger partial charge is 0.344 e. The molecule has 0 aliphatic heterocycles. The van der Waals surface area contributed by atoms with Gasteiger partial charge in [0.25, 0.3) is 5.91 Å². The summed E-state index contributed by atoms with van der Waals surface area (Å²) in [4.78, 5) is 30.1. The lowest BCUT2D eigenvalue weighted by molar-refractivity contribution is -0.120. The molecular formula is C10H13N3O2. The fraction of sp³-hybridized carbons (Fsp3) is 0.400. The topological polar surface area (TPSA) is 72.0 Å². The van der Waals surface area contributed by atoms with Crippen molar-refractivity contribution in [3.63, 3.8) is 0 Å². The molecule has 0 saturated carbocycles. The first-order valence-electron chi connectivity index (χ1n) is 4.68. The van der Waals surface area contributed by atoms with E-state index in [4.69, 9.17) is 0 Å². The lowest BCUT2D eigenvalue weighted by atomic mass is 10.1. The highest BCUT2D eigenvalue weighted by Crippen LogP contribution is 1.94. The smallest absolute Gasteiger partial charge is 0.270 e. The van der Waals surface area contributed by atoms with E-state index in [9.17, 15) is 9.59 Å². The monoisotopic (exact) mass is 207 g/mol. The van der Waals surface area contributed by atoms with Crippen molar-refractivity contribution >= 4 is 11.7 Å². The number of carbonyl (C=O) groups is 2. The summed E-state index contributed by atoms with van der Waals surface area (Å²) in [5.74, 6) is -0.431. The maximum atomic E-state index is 11.4. The van der Waals surface area contributed by atoms with Gasteiger partial charge in [0.15, 0.2) is 5.78 Å². The van der Waals surface area contributed by atoms with Crippen LogP contribution < -0.4 is 5.32 Å². The highest BCUT2D eigenvalue weighted by atomic mass is 16.2. The first-order valence-corrected chi connectivity index (χ1v) is 4.68. The third-order valence-electron chi connectivity index (χ3n) is 1.88. The van der Waals surface area contributed by atoms with Crippen LogP contribution >= 0.6 is 0 Å². The van der Waals surface area contributed by atoms with E-state index in [0.717, 1.165) is 0 Å². The van der Waals surface area contributed by atoms with Crippen LogP contribution in [0.3, 0.4) is 0 Å². The van der Waals surface area contributed by atoms with E-state index in [0.29, 0.717) is 0 Å². The summed E-state index contributed by atoms with van der Waals surface area (Å²) >= 11 is 0. The number of nitrogens with one attached hydrogen (secondary N) is 1. The molecule has 0 spiro atoms. The Morgan fingerprint density at radius 1 is 1.47 bits per heavy atom. The van der Waals surface area contributed by atoms with Crippen LogP contribution in [0.4, 0.5) is 0 Å². The van der Waals surface area contributed by atoms with Crippen molar-refractivity contribution in [2.24, 2.45) is 5.92 Å². The Morgan fingerprint density at radius 2 is 2.20 bits per heavy atom. The van der Waals surface area contributed by atoms with Gasteiger partial charge in [-0.05, 0) is 6.07 Å². The summed E-state index contributed by atoms with van der Waals surface area (Å²) in [6.07, 6.45) is 2.77. The summed E-state index contributed by atoms with van der Waals surface area (Å²) in [6, 6.07) is 1.50. The maximum Gasteiger partial charge on any atom is 0.270 e. The fourth-order valence-corrected chi connectivity index (χ4v) is 0.887. The van der Waals surface area contributed by atoms with E-state index in [-0.39, 0.29) is 29.8 Å². The Kier molecular flexibility index (Phi) is 3.91. The van der Waals surface area contributed by atoms with Gasteiger partial charge in [-0.3, -0.25) is 9.59 Å². The molecule has 0 saturated heterocycles. The minimum Gasteiger partial charge on any atom is -0.344 e. The predicted octanol–water partition coefficient (Wildman–Crippen LogP) is 0.432. The Hall–Kier alpha value is -1.78. The molecule has 0 aliphatic carbocycles. The zero-order valence-corrected chi connectivity index (χ0v) is 8.73. The van der Waals surface area contributed by atoms with Gasteiger partial charge in [0.2, 0.25) is 0 Å². The molecule has 1 heterocycles. The highest BCUT2D eigenvalue weighted by Gasteiger charge is 2.10. The Balaban J connectivity index is 2.48. The van der Waals surface area contributed by atoms with Crippen LogP contribution in [0.5, 0.6) is 0 Å². The third kappa shape index (κ3) is 3.46. The van der Waals surface area contributed by atoms with Gasteiger partial charge in [-0.15, -0.1) is 0 Å². The van der Waals surface area contributed by atoms with Gasteiger partial charge >= 0.3 is 0 Å². The number of carbonyl (C=O) groups excluding carboxylic acids is 2. The molecule has 5 nitrogen and oxygen atoms in total. The van der Waals surface area contributed by atoms with Gasteiger partial charge in [-0.25, -0.2) is 9.97 Å². The number of Topliss-reactive ketones (excluding diaryl/α,β-unsaturated/α-hetero) is 1. The van der Waals surface area contributed by atoms with Crippen LogP contribution in [0.2, 0.25) is 0 Å². The van der Waals surface area contributed by atoms with Crippen LogP contribution in [-0.2, 0) is 4.79 Å². The molecule has 1 amide bonds. The van der Waals surface area contributed by atoms with Gasteiger partial charge < -0.3 is 5.32 Å². The van der Waals surface area contributed by atoms with Crippen molar-refractivity contribution in [3.05, 3.63) is 24.3 Å². The zero-order chi connectivity index (χ0) is 11.3. The van der Waals surface area contributed by atoms with Crippen LogP contribution in [0.1, 0.15) is 24.3 Å². The molecule has 1 aromatic rings. The minimum atomic E-state index is -0.355. The normalized spacial score (nSPS) is 10.1. The first-order chi connectivity index (χ1) is 7.11. The molecule has 1 aromatic heterocycles. The quantitative estimate of drug-likeness (QED) is 0.777. The Morgan fingerprint density at radius 3 is 2.73 bits per heavy atom. The molecular weight excluding hydrogens is 194 g/mol. The molecule has 1 N–H and O–H groups in total. The number of hydrogen-bond donors (Lipinski definition) is 1. The van der Waals surface area contributed by atoms with Crippen LogP contribution in [0.15, 0.2) is 18.6 Å². The van der Waals surface area contributed by atoms with Gasteiger partial charge in [-0.2, -0.15) is 0 Å². The summed E-state index contributed by atoms with van der Waals surface area (Å²) in [6.45, 7) is 3.62. The molecule has 1 rings (SSSR count). The molecule has 0 atom stereocenters. The Bertz CT molecular complexity index is 349. The first kappa shape index (κ1) is 11.3. The molecule has 0 aromatic carbocycles. The number of hydrogen-bond acceptors (Lipinski definition) is 4. The molecule has 0 radical (unpaired) electrons. The van der Waals surface area contributed by atoms with Crippen LogP contribution in [0, 0.1) is 5.92 Å². The molecule has 0 unspecified atom stereocenters. The number of amides is 1. The average Bonchev–Trinajstić information content (AvgIpc) is 2.26. The summed E-state index contributed by atoms with van der Waals surface area (Å²) < 4.78 is 0. The Labute approximate surface area is 87.9 Å². The lowest BCUT2D eigenvalue weighted by Gasteiger charge is -2.05. The van der Waals surface area contributed by atoms with Gasteiger partial charge in [-0.1, -0.05) is 13.8 Å². The van der Waals surface area contributed by atoms with Gasteiger partial charge in [0.1, 0.15) is 12.0 Å². The van der Waals surface area contributed by atoms with Crippen molar-refractivity contribution in [2.75, 3.05) is 6.54 Å². The molecule has 15 heavy (non-hydrogen) atoms. The molecule has 5 heteroatoms. The summed E-state index contributed by atoms with van der Waals surface area (Å²) in [5.41, 5.74) is 0.265. The van der Waals surface area contributed by atoms with Crippen molar-refractivity contribution in [2.45, 2.75) is 13.8 Å². The molecule has 0 bridgehead atoms. The standard InChI is InChI=1S/C10H13N3O2/c1-7(2)9(14)5-12-10(15)8-3-4-11-6-13-8/h3-4,6-7H,5H2,1-2H3,(H,12,15). The number of aromatic nitrogens is 2. The second-order valence-electron chi connectivity index (χ2n) is 3.40. The van der Waals surface area contributed by atoms with Crippen molar-refractivity contribution in [3.8, 4) is 0 Å². The number of ketones is 1. The van der Waals surface area contributed by atoms with E-state index < -0.39 is 0 Å². The van der Waals surface area contributed by atoms with Crippen LogP contribution in [0.25, 0.3) is 0 Å². The maximum absolute atomic E-state index is 11.4. The van der Waals surface area contributed by atoms with Crippen molar-refractivity contribution < 1.29 is 9.59 Å². The van der Waals surface area contributed by atoms with E-state index in [1.165, 1.54) is 18.6 Å². The molecule has 0 fully saturated rings. The van der Waals surface area contributed by atoms with E-state index in [1.54, 1.807) is 13.8 Å². The van der Waals surface area contributed by atoms with Crippen molar-refractivity contribution in [1.82, 2.24) is 15.3 Å². The van der Waals surface area contributed by atoms with Gasteiger partial charge in [0.05, 0.1) is 6.54 Å². The SMILES string of the molecule is CC(C)C(=O)CNC(=O)c1ccncn1. The van der Waals surface area contributed by atoms with E-state index in [1.807, 2.05) is 0 Å². The second-order valence-corrected chi connectivity index (χ2v) is 3.40. The highest BCUT2D eigenvalue weighted by molar-refractivity contribution is 5.95. The summed E-state index contributed by atoms with van der Waals surface area (Å²) in [5, 5.41) is 2.50. The van der Waals surface area contributed by atoms with Gasteiger partial charge in [0, 0.05) is 12.1 Å². The number of nitrogens with zero attached hydrogens (tertiary/aromatic N) is 2. The number of rotatable bonds is 4. The minimum absolute atomic E-state index is 0.00240. The third-order valence-corrected chi connectivity index (χ3v) is 1.88. The average molecular weight is 207 g/mol. The molecule has 80 valence electrons. The molecule has 0 aliphatic rings. The second kappa shape index (κ2) is 5.19. The van der Waals surface area contributed by atoms with Crippen molar-refractivity contribution in [1.29, 1.82) is 0 Å². The zero-order valence-electron chi connectivity index (χ0n) is 8.73. The van der Waals surface area contributed by atoms with E-state index >= 15 is 0 Å². The summed E-state index contributed by atoms with van der Waals surface area (Å²) in [7, 11) is 0. The lowest BCUT2D eigenvalue weighted by Crippen LogP contribution is -2.32. The predicted molar refractivity (Wildman–Crippen MR) is 54.2 cm³/mol. The van der Waals surface area contributed by atoms with Crippen LogP contribution in [-0.4, -0.2) is 28.2 Å².